The second kappa shape index (κ2) is 5.44. The van der Waals surface area contributed by atoms with E-state index in [1.807, 2.05) is 11.5 Å². The van der Waals surface area contributed by atoms with E-state index >= 15 is 0 Å². The van der Waals surface area contributed by atoms with E-state index < -0.39 is 0 Å². The monoisotopic (exact) mass is 248 g/mol. The van der Waals surface area contributed by atoms with Crippen molar-refractivity contribution in [3.05, 3.63) is 30.6 Å². The molecule has 1 N–H and O–H groups in total. The van der Waals surface area contributed by atoms with E-state index in [0.717, 1.165) is 12.4 Å². The summed E-state index contributed by atoms with van der Waals surface area (Å²) in [6.45, 7) is 4.96. The van der Waals surface area contributed by atoms with Crippen molar-refractivity contribution in [3.63, 3.8) is 0 Å². The fraction of sp³-hybridized carbons (Fsp3) is 0.455. The van der Waals surface area contributed by atoms with Gasteiger partial charge in [0.15, 0.2) is 5.82 Å². The van der Waals surface area contributed by atoms with Gasteiger partial charge in [-0.3, -0.25) is 9.48 Å². The number of rotatable bonds is 5. The largest absolute Gasteiger partial charge is 0.347 e. The molecule has 0 fully saturated rings. The van der Waals surface area contributed by atoms with E-state index in [-0.39, 0.29) is 11.9 Å². The number of aryl methyl sites for hydroxylation is 1. The first-order valence-electron chi connectivity index (χ1n) is 5.86. The SMILES string of the molecule is CCn1cnnc1CNC(=O)C(C)n1cccn1. The highest BCUT2D eigenvalue weighted by Crippen LogP contribution is 2.03. The summed E-state index contributed by atoms with van der Waals surface area (Å²) in [5.74, 6) is 0.655. The third-order valence-electron chi connectivity index (χ3n) is 2.76. The zero-order chi connectivity index (χ0) is 13.0. The lowest BCUT2D eigenvalue weighted by Gasteiger charge is -2.12. The number of aromatic nitrogens is 5. The zero-order valence-corrected chi connectivity index (χ0v) is 10.4. The molecule has 1 unspecified atom stereocenters. The van der Waals surface area contributed by atoms with Crippen LogP contribution in [-0.2, 0) is 17.9 Å². The highest BCUT2D eigenvalue weighted by molar-refractivity contribution is 5.79. The van der Waals surface area contributed by atoms with E-state index in [4.69, 9.17) is 0 Å². The Morgan fingerprint density at radius 2 is 2.39 bits per heavy atom. The smallest absolute Gasteiger partial charge is 0.244 e. The van der Waals surface area contributed by atoms with Crippen LogP contribution in [0.25, 0.3) is 0 Å². The maximum absolute atomic E-state index is 11.9. The lowest BCUT2D eigenvalue weighted by Crippen LogP contribution is -2.31. The van der Waals surface area contributed by atoms with Crippen LogP contribution in [-0.4, -0.2) is 30.5 Å². The lowest BCUT2D eigenvalue weighted by molar-refractivity contribution is -0.124. The lowest BCUT2D eigenvalue weighted by atomic mass is 10.3. The Morgan fingerprint density at radius 3 is 3.06 bits per heavy atom. The van der Waals surface area contributed by atoms with Crippen LogP contribution in [0.2, 0.25) is 0 Å². The van der Waals surface area contributed by atoms with E-state index in [0.29, 0.717) is 6.54 Å². The van der Waals surface area contributed by atoms with Crippen molar-refractivity contribution >= 4 is 5.91 Å². The molecular formula is C11H16N6O. The van der Waals surface area contributed by atoms with Gasteiger partial charge in [-0.05, 0) is 19.9 Å². The van der Waals surface area contributed by atoms with Crippen LogP contribution in [0.1, 0.15) is 25.7 Å². The number of amides is 1. The summed E-state index contributed by atoms with van der Waals surface area (Å²) in [4.78, 5) is 11.9. The molecule has 0 aliphatic rings. The quantitative estimate of drug-likeness (QED) is 0.829. The molecule has 7 heteroatoms. The number of carbonyl (C=O) groups excluding carboxylic acids is 1. The Morgan fingerprint density at radius 1 is 1.56 bits per heavy atom. The summed E-state index contributed by atoms with van der Waals surface area (Å²) in [7, 11) is 0. The van der Waals surface area contributed by atoms with Crippen molar-refractivity contribution in [3.8, 4) is 0 Å². The van der Waals surface area contributed by atoms with Gasteiger partial charge in [-0.2, -0.15) is 5.10 Å². The Labute approximate surface area is 105 Å². The number of nitrogens with zero attached hydrogens (tertiary/aromatic N) is 5. The van der Waals surface area contributed by atoms with Crippen molar-refractivity contribution in [2.45, 2.75) is 33.0 Å². The summed E-state index contributed by atoms with van der Waals surface area (Å²) in [6, 6.07) is 1.45. The Hall–Kier alpha value is -2.18. The fourth-order valence-electron chi connectivity index (χ4n) is 1.62. The van der Waals surface area contributed by atoms with Crippen LogP contribution in [0.3, 0.4) is 0 Å². The second-order valence-electron chi connectivity index (χ2n) is 3.91. The van der Waals surface area contributed by atoms with Crippen LogP contribution < -0.4 is 5.32 Å². The van der Waals surface area contributed by atoms with Gasteiger partial charge in [0.2, 0.25) is 5.91 Å². The molecule has 0 aliphatic heterocycles. The molecule has 96 valence electrons. The van der Waals surface area contributed by atoms with E-state index in [2.05, 4.69) is 20.6 Å². The molecule has 7 nitrogen and oxygen atoms in total. The highest BCUT2D eigenvalue weighted by Gasteiger charge is 2.15. The molecule has 1 amide bonds. The predicted molar refractivity (Wildman–Crippen MR) is 64.5 cm³/mol. The van der Waals surface area contributed by atoms with Gasteiger partial charge in [-0.15, -0.1) is 10.2 Å². The standard InChI is InChI=1S/C11H16N6O/c1-3-16-8-13-15-10(16)7-12-11(18)9(2)17-6-4-5-14-17/h4-6,8-9H,3,7H2,1-2H3,(H,12,18). The number of carbonyl (C=O) groups is 1. The van der Waals surface area contributed by atoms with Gasteiger partial charge in [0, 0.05) is 18.9 Å². The molecule has 0 saturated carbocycles. The van der Waals surface area contributed by atoms with Gasteiger partial charge in [0.05, 0.1) is 6.54 Å². The average molecular weight is 248 g/mol. The average Bonchev–Trinajstić information content (AvgIpc) is 3.05. The summed E-state index contributed by atoms with van der Waals surface area (Å²) in [6.07, 6.45) is 5.06. The molecule has 2 aromatic heterocycles. The second-order valence-corrected chi connectivity index (χ2v) is 3.91. The minimum absolute atomic E-state index is 0.0932. The number of hydrogen-bond acceptors (Lipinski definition) is 4. The maximum atomic E-state index is 11.9. The van der Waals surface area contributed by atoms with Gasteiger partial charge in [-0.1, -0.05) is 0 Å². The van der Waals surface area contributed by atoms with Crippen LogP contribution in [0.15, 0.2) is 24.8 Å². The minimum Gasteiger partial charge on any atom is -0.347 e. The Kier molecular flexibility index (Phi) is 3.71. The van der Waals surface area contributed by atoms with Crippen LogP contribution in [0, 0.1) is 0 Å². The predicted octanol–water partition coefficient (Wildman–Crippen LogP) is 0.372. The molecule has 2 heterocycles. The van der Waals surface area contributed by atoms with Gasteiger partial charge in [-0.25, -0.2) is 0 Å². The number of nitrogens with one attached hydrogen (secondary N) is 1. The summed E-state index contributed by atoms with van der Waals surface area (Å²) >= 11 is 0. The number of hydrogen-bond donors (Lipinski definition) is 1. The third-order valence-corrected chi connectivity index (χ3v) is 2.76. The molecule has 0 aromatic carbocycles. The van der Waals surface area contributed by atoms with Gasteiger partial charge >= 0.3 is 0 Å². The van der Waals surface area contributed by atoms with Crippen LogP contribution >= 0.6 is 0 Å². The Bertz CT molecular complexity index is 503. The van der Waals surface area contributed by atoms with Crippen LogP contribution in [0.4, 0.5) is 0 Å². The van der Waals surface area contributed by atoms with E-state index in [9.17, 15) is 4.79 Å². The molecule has 0 bridgehead atoms. The normalized spacial score (nSPS) is 12.3. The molecule has 0 saturated heterocycles. The Balaban J connectivity index is 1.92. The highest BCUT2D eigenvalue weighted by atomic mass is 16.2. The fourth-order valence-corrected chi connectivity index (χ4v) is 1.62. The van der Waals surface area contributed by atoms with Gasteiger partial charge < -0.3 is 9.88 Å². The molecule has 0 radical (unpaired) electrons. The van der Waals surface area contributed by atoms with Crippen molar-refractivity contribution < 1.29 is 4.79 Å². The molecular weight excluding hydrogens is 232 g/mol. The van der Waals surface area contributed by atoms with Gasteiger partial charge in [0.1, 0.15) is 12.4 Å². The molecule has 18 heavy (non-hydrogen) atoms. The zero-order valence-electron chi connectivity index (χ0n) is 10.4. The molecule has 2 aromatic rings. The molecule has 2 rings (SSSR count). The third kappa shape index (κ3) is 2.55. The first kappa shape index (κ1) is 12.3. The van der Waals surface area contributed by atoms with Gasteiger partial charge in [0.25, 0.3) is 0 Å². The maximum Gasteiger partial charge on any atom is 0.244 e. The topological polar surface area (TPSA) is 77.6 Å². The molecule has 1 atom stereocenters. The van der Waals surface area contributed by atoms with Crippen molar-refractivity contribution in [2.24, 2.45) is 0 Å². The van der Waals surface area contributed by atoms with E-state index in [1.54, 1.807) is 36.4 Å². The first-order chi connectivity index (χ1) is 8.72. The van der Waals surface area contributed by atoms with Crippen LogP contribution in [0.5, 0.6) is 0 Å². The summed E-state index contributed by atoms with van der Waals surface area (Å²) < 4.78 is 3.50. The van der Waals surface area contributed by atoms with Crippen molar-refractivity contribution in [1.82, 2.24) is 29.9 Å². The van der Waals surface area contributed by atoms with E-state index in [1.165, 1.54) is 0 Å². The van der Waals surface area contributed by atoms with Crippen molar-refractivity contribution in [2.75, 3.05) is 0 Å². The van der Waals surface area contributed by atoms with Crippen molar-refractivity contribution in [1.29, 1.82) is 0 Å². The molecule has 0 aliphatic carbocycles. The molecule has 0 spiro atoms. The minimum atomic E-state index is -0.335. The summed E-state index contributed by atoms with van der Waals surface area (Å²) in [5, 5.41) is 14.6. The summed E-state index contributed by atoms with van der Waals surface area (Å²) in [5.41, 5.74) is 0. The first-order valence-corrected chi connectivity index (χ1v) is 5.86.